The Morgan fingerprint density at radius 3 is 2.07 bits per heavy atom. The highest BCUT2D eigenvalue weighted by atomic mass is 32.2. The van der Waals surface area contributed by atoms with Gasteiger partial charge < -0.3 is 30.9 Å². The Morgan fingerprint density at radius 1 is 0.951 bits per heavy atom. The summed E-state index contributed by atoms with van der Waals surface area (Å²) >= 11 is 1.29. The molecule has 2 aromatic rings. The van der Waals surface area contributed by atoms with Gasteiger partial charge in [-0.2, -0.15) is 0 Å². The van der Waals surface area contributed by atoms with Crippen molar-refractivity contribution in [1.82, 2.24) is 10.6 Å². The molecule has 0 bridgehead atoms. The van der Waals surface area contributed by atoms with Crippen LogP contribution in [0.2, 0.25) is 0 Å². The quantitative estimate of drug-likeness (QED) is 0.191. The van der Waals surface area contributed by atoms with Crippen molar-refractivity contribution in [3.05, 3.63) is 66.2 Å². The molecule has 0 aliphatic carbocycles. The second-order valence-corrected chi connectivity index (χ2v) is 12.3. The largest absolute Gasteiger partial charge is 0.480 e. The maximum atomic E-state index is 13.1. The van der Waals surface area contributed by atoms with Crippen molar-refractivity contribution < 1.29 is 33.8 Å². The van der Waals surface area contributed by atoms with Crippen LogP contribution in [0.1, 0.15) is 46.6 Å². The first-order chi connectivity index (χ1) is 19.2. The average Bonchev–Trinajstić information content (AvgIpc) is 2.88. The van der Waals surface area contributed by atoms with E-state index in [1.165, 1.54) is 11.8 Å². The number of alkyl carbamates (subject to hydrolysis) is 1. The Morgan fingerprint density at radius 2 is 1.54 bits per heavy atom. The zero-order valence-corrected chi connectivity index (χ0v) is 25.0. The Bertz CT molecular complexity index is 1140. The van der Waals surface area contributed by atoms with Gasteiger partial charge in [0.2, 0.25) is 5.91 Å². The van der Waals surface area contributed by atoms with E-state index in [1.54, 1.807) is 34.6 Å². The van der Waals surface area contributed by atoms with Crippen LogP contribution in [-0.2, 0) is 30.3 Å². The summed E-state index contributed by atoms with van der Waals surface area (Å²) in [6, 6.07) is 15.6. The summed E-state index contributed by atoms with van der Waals surface area (Å²) in [6.45, 7) is 8.24. The minimum absolute atomic E-state index is 0.176. The Balaban J connectivity index is 2.28. The number of aliphatic carboxylic acids is 1. The molecule has 0 saturated carbocycles. The lowest BCUT2D eigenvalue weighted by Gasteiger charge is -2.29. The number of esters is 1. The van der Waals surface area contributed by atoms with Gasteiger partial charge in [0.25, 0.3) is 0 Å². The Hall–Kier alpha value is -3.57. The number of nitrogens with one attached hydrogen (secondary N) is 2. The first kappa shape index (κ1) is 33.6. The lowest BCUT2D eigenvalue weighted by atomic mass is 10.0. The standard InChI is InChI=1S/C30H41N3O7S/c1-19(2)26(27(35)36)33-25(34)17-24(41-21-14-10-7-11-15-21)23(32-29(38)40-30(3,4)5)18-39-28(37)22(31)16-20-12-8-6-9-13-20/h6-15,19,22-24,26H,16-18,31H2,1-5H3,(H,32,38)(H,33,34)(H,35,36)/t22-,23-,24?,26-/m0/s1. The highest BCUT2D eigenvalue weighted by molar-refractivity contribution is 8.00. The molecule has 41 heavy (non-hydrogen) atoms. The number of hydrogen-bond donors (Lipinski definition) is 4. The third kappa shape index (κ3) is 12.6. The summed E-state index contributed by atoms with van der Waals surface area (Å²) < 4.78 is 11.0. The predicted molar refractivity (Wildman–Crippen MR) is 157 cm³/mol. The summed E-state index contributed by atoms with van der Waals surface area (Å²) in [4.78, 5) is 51.2. The highest BCUT2D eigenvalue weighted by Gasteiger charge is 2.32. The van der Waals surface area contributed by atoms with Gasteiger partial charge in [-0.1, -0.05) is 62.4 Å². The lowest BCUT2D eigenvalue weighted by molar-refractivity contribution is -0.146. The first-order valence-electron chi connectivity index (χ1n) is 13.4. The summed E-state index contributed by atoms with van der Waals surface area (Å²) in [6.07, 6.45) is -0.665. The number of carboxylic acid groups (broad SMARTS) is 1. The topological polar surface area (TPSA) is 157 Å². The summed E-state index contributed by atoms with van der Waals surface area (Å²) in [5, 5.41) is 14.2. The molecular weight excluding hydrogens is 546 g/mol. The van der Waals surface area contributed by atoms with Crippen LogP contribution in [0.15, 0.2) is 65.6 Å². The van der Waals surface area contributed by atoms with E-state index < -0.39 is 52.9 Å². The monoisotopic (exact) mass is 587 g/mol. The van der Waals surface area contributed by atoms with Gasteiger partial charge in [0.1, 0.15) is 24.3 Å². The molecule has 1 unspecified atom stereocenters. The molecule has 0 aliphatic rings. The van der Waals surface area contributed by atoms with E-state index in [1.807, 2.05) is 60.7 Å². The van der Waals surface area contributed by atoms with Gasteiger partial charge in [-0.25, -0.2) is 9.59 Å². The second-order valence-electron chi connectivity index (χ2n) is 11.0. The molecule has 10 nitrogen and oxygen atoms in total. The van der Waals surface area contributed by atoms with Crippen molar-refractivity contribution in [2.24, 2.45) is 11.7 Å². The molecule has 5 N–H and O–H groups in total. The fourth-order valence-corrected chi connectivity index (χ4v) is 5.01. The van der Waals surface area contributed by atoms with Gasteiger partial charge in [0.15, 0.2) is 0 Å². The van der Waals surface area contributed by atoms with E-state index >= 15 is 0 Å². The number of nitrogens with two attached hydrogens (primary N) is 1. The van der Waals surface area contributed by atoms with E-state index in [9.17, 15) is 24.3 Å². The second kappa shape index (κ2) is 16.0. The van der Waals surface area contributed by atoms with Crippen molar-refractivity contribution in [2.75, 3.05) is 6.61 Å². The zero-order valence-electron chi connectivity index (χ0n) is 24.2. The average molecular weight is 588 g/mol. The molecule has 224 valence electrons. The van der Waals surface area contributed by atoms with Crippen molar-refractivity contribution in [2.45, 2.75) is 81.3 Å². The minimum atomic E-state index is -1.15. The first-order valence-corrected chi connectivity index (χ1v) is 14.3. The maximum Gasteiger partial charge on any atom is 0.408 e. The molecular formula is C30H41N3O7S. The third-order valence-corrected chi connectivity index (χ3v) is 7.17. The molecule has 2 aromatic carbocycles. The summed E-state index contributed by atoms with van der Waals surface area (Å²) in [5.74, 6) is -2.68. The summed E-state index contributed by atoms with van der Waals surface area (Å²) in [5.41, 5.74) is 6.17. The van der Waals surface area contributed by atoms with E-state index in [-0.39, 0.29) is 25.4 Å². The number of rotatable bonds is 14. The molecule has 11 heteroatoms. The van der Waals surface area contributed by atoms with Gasteiger partial charge >= 0.3 is 18.0 Å². The molecule has 0 aliphatic heterocycles. The SMILES string of the molecule is CC(C)[C@H](NC(=O)CC(Sc1ccccc1)[C@H](COC(=O)[C@@H](N)Cc1ccccc1)NC(=O)OC(C)(C)C)C(=O)O. The number of carbonyl (C=O) groups excluding carboxylic acids is 3. The number of carboxylic acids is 1. The summed E-state index contributed by atoms with van der Waals surface area (Å²) in [7, 11) is 0. The van der Waals surface area contributed by atoms with Crippen LogP contribution in [0.25, 0.3) is 0 Å². The van der Waals surface area contributed by atoms with Gasteiger partial charge in [-0.15, -0.1) is 11.8 Å². The smallest absolute Gasteiger partial charge is 0.408 e. The molecule has 4 atom stereocenters. The van der Waals surface area contributed by atoms with Gasteiger partial charge in [0.05, 0.1) is 6.04 Å². The van der Waals surface area contributed by atoms with Crippen LogP contribution in [0.3, 0.4) is 0 Å². The van der Waals surface area contributed by atoms with E-state index in [0.29, 0.717) is 0 Å². The number of benzene rings is 2. The highest BCUT2D eigenvalue weighted by Crippen LogP contribution is 2.28. The van der Waals surface area contributed by atoms with Crippen LogP contribution in [0, 0.1) is 5.92 Å². The van der Waals surface area contributed by atoms with Gasteiger partial charge in [0, 0.05) is 16.6 Å². The number of carbonyl (C=O) groups is 4. The molecule has 2 amide bonds. The Kier molecular flexibility index (Phi) is 13.1. The molecule has 2 rings (SSSR count). The molecule has 0 heterocycles. The predicted octanol–water partition coefficient (Wildman–Crippen LogP) is 3.77. The van der Waals surface area contributed by atoms with E-state index in [4.69, 9.17) is 15.2 Å². The van der Waals surface area contributed by atoms with Gasteiger partial charge in [-0.05, 0) is 50.8 Å². The van der Waals surface area contributed by atoms with Crippen molar-refractivity contribution in [1.29, 1.82) is 0 Å². The maximum absolute atomic E-state index is 13.1. The third-order valence-electron chi connectivity index (χ3n) is 5.82. The van der Waals surface area contributed by atoms with Crippen LogP contribution in [0.5, 0.6) is 0 Å². The van der Waals surface area contributed by atoms with E-state index in [2.05, 4.69) is 10.6 Å². The Labute approximate surface area is 245 Å². The van der Waals surface area contributed by atoms with Crippen LogP contribution < -0.4 is 16.4 Å². The van der Waals surface area contributed by atoms with Crippen LogP contribution in [-0.4, -0.2) is 64.6 Å². The fraction of sp³-hybridized carbons (Fsp3) is 0.467. The molecule has 0 fully saturated rings. The van der Waals surface area contributed by atoms with Crippen molar-refractivity contribution >= 4 is 35.7 Å². The fourth-order valence-electron chi connectivity index (χ4n) is 3.80. The van der Waals surface area contributed by atoms with Crippen LogP contribution >= 0.6 is 11.8 Å². The van der Waals surface area contributed by atoms with E-state index in [0.717, 1.165) is 10.5 Å². The molecule has 0 aromatic heterocycles. The zero-order chi connectivity index (χ0) is 30.6. The number of thioether (sulfide) groups is 1. The number of amides is 2. The molecule has 0 saturated heterocycles. The van der Waals surface area contributed by atoms with Crippen molar-refractivity contribution in [3.8, 4) is 0 Å². The number of hydrogen-bond acceptors (Lipinski definition) is 8. The molecule has 0 radical (unpaired) electrons. The lowest BCUT2D eigenvalue weighted by Crippen LogP contribution is -2.51. The van der Waals surface area contributed by atoms with Gasteiger partial charge in [-0.3, -0.25) is 9.59 Å². The molecule has 0 spiro atoms. The van der Waals surface area contributed by atoms with Crippen LogP contribution in [0.4, 0.5) is 4.79 Å². The van der Waals surface area contributed by atoms with Crippen molar-refractivity contribution in [3.63, 3.8) is 0 Å². The normalized spacial score (nSPS) is 14.3. The minimum Gasteiger partial charge on any atom is -0.480 e. The number of ether oxygens (including phenoxy) is 2.